The lowest BCUT2D eigenvalue weighted by Gasteiger charge is -2.31. The van der Waals surface area contributed by atoms with E-state index >= 15 is 0 Å². The average molecular weight is 757 g/mol. The third-order valence-corrected chi connectivity index (χ3v) is 5.65. The topological polar surface area (TPSA) is 157 Å². The van der Waals surface area contributed by atoms with E-state index in [-0.39, 0.29) is 32.5 Å². The number of halogens is 10. The number of hydrogen-bond acceptors (Lipinski definition) is 11. The molecule has 0 bridgehead atoms. The van der Waals surface area contributed by atoms with Gasteiger partial charge in [0.2, 0.25) is 6.79 Å². The third kappa shape index (κ3) is 22.2. The molecule has 2 N–H and O–H groups in total. The van der Waals surface area contributed by atoms with Crippen molar-refractivity contribution in [1.29, 1.82) is 0 Å². The van der Waals surface area contributed by atoms with Crippen molar-refractivity contribution in [2.24, 2.45) is 0 Å². The Kier molecular flexibility index (Phi) is 20.7. The predicted octanol–water partition coefficient (Wildman–Crippen LogP) is 6.56. The molecule has 2 amide bonds. The van der Waals surface area contributed by atoms with E-state index in [9.17, 15) is 63.1 Å². The molecule has 0 saturated heterocycles. The normalized spacial score (nSPS) is 12.5. The van der Waals surface area contributed by atoms with Crippen LogP contribution in [-0.4, -0.2) is 88.0 Å². The summed E-state index contributed by atoms with van der Waals surface area (Å²) in [5.41, 5.74) is 0. The average Bonchev–Trinajstić information content (AvgIpc) is 2.99. The fourth-order valence-corrected chi connectivity index (χ4v) is 3.16. The van der Waals surface area contributed by atoms with Gasteiger partial charge in [-0.25, -0.2) is 28.6 Å². The van der Waals surface area contributed by atoms with Gasteiger partial charge >= 0.3 is 54.9 Å². The van der Waals surface area contributed by atoms with Crippen molar-refractivity contribution in [2.45, 2.75) is 102 Å². The predicted molar refractivity (Wildman–Crippen MR) is 146 cm³/mol. The van der Waals surface area contributed by atoms with Crippen molar-refractivity contribution in [1.82, 2.24) is 10.6 Å². The first-order chi connectivity index (χ1) is 23.1. The number of alkyl halides is 10. The van der Waals surface area contributed by atoms with Crippen molar-refractivity contribution in [3.05, 3.63) is 12.7 Å². The summed E-state index contributed by atoms with van der Waals surface area (Å²) in [4.78, 5) is 45.4. The molecule has 0 aliphatic carbocycles. The number of alkyl carbamates (subject to hydrolysis) is 2. The highest BCUT2D eigenvalue weighted by Crippen LogP contribution is 2.44. The van der Waals surface area contributed by atoms with Crippen LogP contribution in [0.1, 0.15) is 71.1 Å². The molecule has 50 heavy (non-hydrogen) atoms. The van der Waals surface area contributed by atoms with Crippen LogP contribution in [0.15, 0.2) is 12.7 Å². The first-order valence-electron chi connectivity index (χ1n) is 14.8. The van der Waals surface area contributed by atoms with Crippen LogP contribution in [0.3, 0.4) is 0 Å². The number of amides is 2. The van der Waals surface area contributed by atoms with Crippen LogP contribution in [0.4, 0.5) is 53.5 Å². The molecule has 0 rings (SSSR count). The van der Waals surface area contributed by atoms with Crippen LogP contribution in [0.25, 0.3) is 0 Å². The number of carbonyl (C=O) groups excluding carboxylic acids is 4. The van der Waals surface area contributed by atoms with Crippen molar-refractivity contribution in [2.75, 3.05) is 33.1 Å². The molecule has 0 spiro atoms. The summed E-state index contributed by atoms with van der Waals surface area (Å²) in [6.07, 6.45) is -28.1. The summed E-state index contributed by atoms with van der Waals surface area (Å²) >= 11 is 0. The molecule has 0 aliphatic rings. The maximum Gasteiger partial charge on any atom is 0.495 e. The zero-order valence-electron chi connectivity index (χ0n) is 26.7. The lowest BCUT2D eigenvalue weighted by atomic mass is 10.1. The summed E-state index contributed by atoms with van der Waals surface area (Å²) in [7, 11) is 0. The van der Waals surface area contributed by atoms with Crippen LogP contribution in [0.5, 0.6) is 0 Å². The van der Waals surface area contributed by atoms with Crippen molar-refractivity contribution in [3.8, 4) is 0 Å². The summed E-state index contributed by atoms with van der Waals surface area (Å²) in [5, 5.41) is 4.49. The first kappa shape index (κ1) is 46.4. The van der Waals surface area contributed by atoms with E-state index < -0.39 is 74.7 Å². The molecule has 0 aromatic rings. The zero-order valence-corrected chi connectivity index (χ0v) is 26.7. The Labute approximate surface area is 279 Å². The van der Waals surface area contributed by atoms with Crippen molar-refractivity contribution in [3.63, 3.8) is 0 Å². The van der Waals surface area contributed by atoms with Gasteiger partial charge in [0.15, 0.2) is 6.61 Å². The number of esters is 2. The highest BCUT2D eigenvalue weighted by molar-refractivity contribution is 5.81. The zero-order chi connectivity index (χ0) is 38.5. The van der Waals surface area contributed by atoms with E-state index in [0.717, 1.165) is 6.08 Å². The molecule has 0 aliphatic heterocycles. The molecule has 0 atom stereocenters. The summed E-state index contributed by atoms with van der Waals surface area (Å²) in [6.45, 7) is 1.09. The van der Waals surface area contributed by atoms with Gasteiger partial charge in [-0.15, -0.1) is 8.78 Å². The Bertz CT molecular complexity index is 1070. The van der Waals surface area contributed by atoms with Crippen LogP contribution >= 0.6 is 0 Å². The van der Waals surface area contributed by atoms with Crippen molar-refractivity contribution < 1.29 is 96.2 Å². The second-order valence-electron chi connectivity index (χ2n) is 9.88. The van der Waals surface area contributed by atoms with Gasteiger partial charge in [0, 0.05) is 32.0 Å². The molecule has 0 heterocycles. The molecule has 0 aromatic carbocycles. The van der Waals surface area contributed by atoms with Crippen LogP contribution in [0.2, 0.25) is 0 Å². The molecule has 292 valence electrons. The standard InChI is InChI=1S/C27H38F10N2O11/c1-3-19(40)46-18-47-20(41)13-9-8-12-16-44-21(42)38-14-10-6-5-7-11-15-39-22(43)45-17-24(30,31)48-25(32,33)26(34,35)50-27(36,37)49-23(28,29)4-2/h3H,1,4-18H2,2H3,(H,38,42)(H,39,43). The second kappa shape index (κ2) is 22.3. The second-order valence-corrected chi connectivity index (χ2v) is 9.88. The molecule has 13 nitrogen and oxygen atoms in total. The van der Waals surface area contributed by atoms with Gasteiger partial charge in [0.1, 0.15) is 0 Å². The number of nitrogens with one attached hydrogen (secondary N) is 2. The lowest BCUT2D eigenvalue weighted by Crippen LogP contribution is -2.53. The largest absolute Gasteiger partial charge is 0.495 e. The SMILES string of the molecule is C=CC(=O)OCOC(=O)CCCCCOC(=O)NCCCCCCCNC(=O)OCC(F)(F)OC(F)(F)C(F)(F)OC(F)(F)OC(F)(F)CC. The van der Waals surface area contributed by atoms with Gasteiger partial charge in [-0.1, -0.05) is 32.8 Å². The Morgan fingerprint density at radius 1 is 0.620 bits per heavy atom. The van der Waals surface area contributed by atoms with Gasteiger partial charge < -0.3 is 29.6 Å². The number of unbranched alkanes of at least 4 members (excludes halogenated alkanes) is 6. The molecule has 0 saturated carbocycles. The highest BCUT2D eigenvalue weighted by Gasteiger charge is 2.68. The Morgan fingerprint density at radius 3 is 1.70 bits per heavy atom. The minimum atomic E-state index is -6.62. The number of hydrogen-bond donors (Lipinski definition) is 2. The molecular formula is C27H38F10N2O11. The number of carbonyl (C=O) groups is 4. The smallest absolute Gasteiger partial charge is 0.450 e. The minimum absolute atomic E-state index is 0.0847. The summed E-state index contributed by atoms with van der Waals surface area (Å²) in [5.74, 6) is -1.29. The lowest BCUT2D eigenvalue weighted by molar-refractivity contribution is -0.565. The number of ether oxygens (including phenoxy) is 7. The van der Waals surface area contributed by atoms with E-state index in [2.05, 4.69) is 40.3 Å². The van der Waals surface area contributed by atoms with Gasteiger partial charge in [-0.2, -0.15) is 35.1 Å². The fourth-order valence-electron chi connectivity index (χ4n) is 3.16. The molecule has 0 aromatic heterocycles. The quantitative estimate of drug-likeness (QED) is 0.0234. The molecular weight excluding hydrogens is 718 g/mol. The Balaban J connectivity index is 4.04. The van der Waals surface area contributed by atoms with Gasteiger partial charge in [-0.3, -0.25) is 4.79 Å². The van der Waals surface area contributed by atoms with Crippen molar-refractivity contribution >= 4 is 24.1 Å². The van der Waals surface area contributed by atoms with E-state index in [1.54, 1.807) is 0 Å². The maximum atomic E-state index is 13.6. The van der Waals surface area contributed by atoms with Gasteiger partial charge in [-0.05, 0) is 32.1 Å². The fraction of sp³-hybridized carbons (Fsp3) is 0.778. The van der Waals surface area contributed by atoms with Gasteiger partial charge in [0.05, 0.1) is 6.61 Å². The summed E-state index contributed by atoms with van der Waals surface area (Å²) < 4.78 is 158. The molecule has 0 radical (unpaired) electrons. The maximum absolute atomic E-state index is 13.6. The van der Waals surface area contributed by atoms with E-state index in [4.69, 9.17) is 4.74 Å². The highest BCUT2D eigenvalue weighted by atomic mass is 19.3. The monoisotopic (exact) mass is 756 g/mol. The van der Waals surface area contributed by atoms with E-state index in [1.165, 1.54) is 0 Å². The van der Waals surface area contributed by atoms with Crippen LogP contribution in [-0.2, 0) is 42.7 Å². The Morgan fingerprint density at radius 2 is 1.14 bits per heavy atom. The number of rotatable bonds is 27. The summed E-state index contributed by atoms with van der Waals surface area (Å²) in [6, 6.07) is 0. The van der Waals surface area contributed by atoms with Crippen LogP contribution in [0, 0.1) is 0 Å². The first-order valence-corrected chi connectivity index (χ1v) is 14.8. The molecule has 0 unspecified atom stereocenters. The third-order valence-electron chi connectivity index (χ3n) is 5.65. The Hall–Kier alpha value is -3.60. The molecule has 23 heteroatoms. The van der Waals surface area contributed by atoms with E-state index in [0.29, 0.717) is 51.9 Å². The van der Waals surface area contributed by atoms with Crippen LogP contribution < -0.4 is 10.6 Å². The van der Waals surface area contributed by atoms with Gasteiger partial charge in [0.25, 0.3) is 0 Å². The van der Waals surface area contributed by atoms with E-state index in [1.807, 2.05) is 5.32 Å². The minimum Gasteiger partial charge on any atom is -0.450 e. The molecule has 0 fully saturated rings.